The molecule has 0 spiro atoms. The Bertz CT molecular complexity index is 870. The van der Waals surface area contributed by atoms with E-state index in [9.17, 15) is 9.90 Å². The van der Waals surface area contributed by atoms with E-state index in [1.807, 2.05) is 24.3 Å². The highest BCUT2D eigenvalue weighted by Gasteiger charge is 2.25. The number of carbonyl (C=O) groups is 1. The quantitative estimate of drug-likeness (QED) is 0.746. The molecular formula is C19H19N3O3. The molecule has 3 aromatic rings. The third kappa shape index (κ3) is 3.21. The lowest BCUT2D eigenvalue weighted by Gasteiger charge is -2.13. The molecule has 25 heavy (non-hydrogen) atoms. The number of aromatic nitrogens is 2. The zero-order valence-corrected chi connectivity index (χ0v) is 13.7. The van der Waals surface area contributed by atoms with Crippen molar-refractivity contribution in [1.29, 1.82) is 0 Å². The van der Waals surface area contributed by atoms with E-state index in [0.29, 0.717) is 17.2 Å². The Kier molecular flexibility index (Phi) is 4.11. The average molecular weight is 337 g/mol. The van der Waals surface area contributed by atoms with Crippen LogP contribution in [0.25, 0.3) is 11.3 Å². The molecule has 0 amide bonds. The molecule has 1 aliphatic heterocycles. The van der Waals surface area contributed by atoms with Gasteiger partial charge in [-0.2, -0.15) is 5.10 Å². The van der Waals surface area contributed by atoms with Crippen molar-refractivity contribution in [2.24, 2.45) is 0 Å². The third-order valence-corrected chi connectivity index (χ3v) is 4.70. The van der Waals surface area contributed by atoms with Gasteiger partial charge < -0.3 is 9.52 Å². The molecule has 3 heterocycles. The zero-order chi connectivity index (χ0) is 17.2. The maximum absolute atomic E-state index is 11.4. The van der Waals surface area contributed by atoms with Crippen molar-refractivity contribution < 1.29 is 14.3 Å². The molecule has 2 N–H and O–H groups in total. The van der Waals surface area contributed by atoms with Gasteiger partial charge in [-0.3, -0.25) is 10.00 Å². The van der Waals surface area contributed by atoms with Gasteiger partial charge in [0.15, 0.2) is 0 Å². The van der Waals surface area contributed by atoms with Gasteiger partial charge in [0.1, 0.15) is 11.5 Å². The summed E-state index contributed by atoms with van der Waals surface area (Å²) in [4.78, 5) is 13.7. The van der Waals surface area contributed by atoms with E-state index in [4.69, 9.17) is 4.42 Å². The molecule has 6 heteroatoms. The average Bonchev–Trinajstić information content (AvgIpc) is 3.36. The van der Waals surface area contributed by atoms with Crippen LogP contribution in [-0.2, 0) is 6.54 Å². The predicted molar refractivity (Wildman–Crippen MR) is 92.3 cm³/mol. The normalized spacial score (nSPS) is 17.8. The second-order valence-corrected chi connectivity index (χ2v) is 6.35. The minimum atomic E-state index is -0.949. The summed E-state index contributed by atoms with van der Waals surface area (Å²) in [5.74, 6) is 0.970. The Morgan fingerprint density at radius 2 is 2.16 bits per heavy atom. The first kappa shape index (κ1) is 15.7. The third-order valence-electron chi connectivity index (χ3n) is 4.70. The van der Waals surface area contributed by atoms with Gasteiger partial charge in [-0.1, -0.05) is 18.2 Å². The number of likely N-dealkylation sites (tertiary alicyclic amines) is 1. The van der Waals surface area contributed by atoms with Gasteiger partial charge in [0.2, 0.25) is 0 Å². The van der Waals surface area contributed by atoms with Crippen molar-refractivity contribution in [2.45, 2.75) is 18.9 Å². The lowest BCUT2D eigenvalue weighted by atomic mass is 10.1. The van der Waals surface area contributed by atoms with Gasteiger partial charge in [0, 0.05) is 29.9 Å². The largest absolute Gasteiger partial charge is 0.478 e. The second kappa shape index (κ2) is 6.57. The van der Waals surface area contributed by atoms with Crippen molar-refractivity contribution >= 4 is 5.97 Å². The molecule has 1 aromatic carbocycles. The van der Waals surface area contributed by atoms with Gasteiger partial charge in [0.05, 0.1) is 12.1 Å². The van der Waals surface area contributed by atoms with E-state index in [-0.39, 0.29) is 5.56 Å². The fraction of sp³-hybridized carbons (Fsp3) is 0.263. The van der Waals surface area contributed by atoms with Crippen LogP contribution in [0, 0.1) is 0 Å². The first-order chi connectivity index (χ1) is 12.2. The van der Waals surface area contributed by atoms with Crippen molar-refractivity contribution in [3.05, 3.63) is 65.7 Å². The first-order valence-corrected chi connectivity index (χ1v) is 8.34. The number of carboxylic acid groups (broad SMARTS) is 1. The predicted octanol–water partition coefficient (Wildman–Crippen LogP) is 3.36. The van der Waals surface area contributed by atoms with E-state index >= 15 is 0 Å². The molecule has 1 fully saturated rings. The molecule has 0 unspecified atom stereocenters. The van der Waals surface area contributed by atoms with Crippen LogP contribution in [0.2, 0.25) is 0 Å². The minimum Gasteiger partial charge on any atom is -0.478 e. The number of carboxylic acids is 1. The van der Waals surface area contributed by atoms with Gasteiger partial charge in [-0.05, 0) is 37.2 Å². The molecule has 1 saturated heterocycles. The Labute approximate surface area is 145 Å². The van der Waals surface area contributed by atoms with Crippen molar-refractivity contribution in [2.75, 3.05) is 13.1 Å². The number of H-pyrrole nitrogens is 1. The van der Waals surface area contributed by atoms with Crippen molar-refractivity contribution in [3.63, 3.8) is 0 Å². The SMILES string of the molecule is O=C(O)c1ccccc1-c1ccc(CN2CC[C@H](c3ccn[nH]3)C2)o1. The molecule has 6 nitrogen and oxygen atoms in total. The molecule has 0 saturated carbocycles. The van der Waals surface area contributed by atoms with Crippen LogP contribution in [0.15, 0.2) is 53.1 Å². The first-order valence-electron chi connectivity index (χ1n) is 8.34. The molecule has 0 bridgehead atoms. The maximum atomic E-state index is 11.4. The summed E-state index contributed by atoms with van der Waals surface area (Å²) < 4.78 is 5.92. The zero-order valence-electron chi connectivity index (χ0n) is 13.7. The van der Waals surface area contributed by atoms with Crippen LogP contribution >= 0.6 is 0 Å². The van der Waals surface area contributed by atoms with Crippen LogP contribution in [0.5, 0.6) is 0 Å². The fourth-order valence-corrected chi connectivity index (χ4v) is 3.44. The molecule has 128 valence electrons. The number of hydrogen-bond donors (Lipinski definition) is 2. The van der Waals surface area contributed by atoms with Crippen LogP contribution < -0.4 is 0 Å². The Hall–Kier alpha value is -2.86. The summed E-state index contributed by atoms with van der Waals surface area (Å²) in [5, 5.41) is 16.4. The highest BCUT2D eigenvalue weighted by Crippen LogP contribution is 2.29. The number of aromatic amines is 1. The Balaban J connectivity index is 1.47. The van der Waals surface area contributed by atoms with Crippen LogP contribution in [0.4, 0.5) is 0 Å². The van der Waals surface area contributed by atoms with Gasteiger partial charge in [-0.15, -0.1) is 0 Å². The van der Waals surface area contributed by atoms with Crippen molar-refractivity contribution in [1.82, 2.24) is 15.1 Å². The highest BCUT2D eigenvalue weighted by atomic mass is 16.4. The highest BCUT2D eigenvalue weighted by molar-refractivity contribution is 5.95. The van der Waals surface area contributed by atoms with E-state index < -0.39 is 5.97 Å². The van der Waals surface area contributed by atoms with Gasteiger partial charge in [0.25, 0.3) is 0 Å². The number of benzene rings is 1. The Morgan fingerprint density at radius 3 is 2.96 bits per heavy atom. The Morgan fingerprint density at radius 1 is 1.28 bits per heavy atom. The summed E-state index contributed by atoms with van der Waals surface area (Å²) in [6.45, 7) is 2.69. The van der Waals surface area contributed by atoms with Gasteiger partial charge >= 0.3 is 5.97 Å². The summed E-state index contributed by atoms with van der Waals surface area (Å²) in [5.41, 5.74) is 2.04. The smallest absolute Gasteiger partial charge is 0.336 e. The monoisotopic (exact) mass is 337 g/mol. The number of aromatic carboxylic acids is 1. The number of nitrogens with zero attached hydrogens (tertiary/aromatic N) is 2. The molecule has 2 aromatic heterocycles. The number of hydrogen-bond acceptors (Lipinski definition) is 4. The summed E-state index contributed by atoms with van der Waals surface area (Å²) >= 11 is 0. The number of nitrogens with one attached hydrogen (secondary N) is 1. The summed E-state index contributed by atoms with van der Waals surface area (Å²) in [6, 6.07) is 12.7. The second-order valence-electron chi connectivity index (χ2n) is 6.35. The standard InChI is InChI=1S/C19H19N3O3/c23-19(24)16-4-2-1-3-15(16)18-6-5-14(25-18)12-22-10-8-13(11-22)17-7-9-20-21-17/h1-7,9,13H,8,10-12H2,(H,20,21)(H,23,24)/t13-/m0/s1. The summed E-state index contributed by atoms with van der Waals surface area (Å²) in [6.07, 6.45) is 2.88. The lowest BCUT2D eigenvalue weighted by Crippen LogP contribution is -2.19. The minimum absolute atomic E-state index is 0.254. The molecule has 1 atom stereocenters. The summed E-state index contributed by atoms with van der Waals surface area (Å²) in [7, 11) is 0. The molecule has 1 aliphatic rings. The number of furan rings is 1. The molecule has 4 rings (SSSR count). The molecule has 0 aliphatic carbocycles. The van der Waals surface area contributed by atoms with E-state index in [1.165, 1.54) is 5.69 Å². The van der Waals surface area contributed by atoms with Crippen LogP contribution in [0.1, 0.15) is 34.2 Å². The van der Waals surface area contributed by atoms with E-state index in [1.54, 1.807) is 24.4 Å². The van der Waals surface area contributed by atoms with Gasteiger partial charge in [-0.25, -0.2) is 4.79 Å². The fourth-order valence-electron chi connectivity index (χ4n) is 3.44. The van der Waals surface area contributed by atoms with Crippen LogP contribution in [-0.4, -0.2) is 39.3 Å². The van der Waals surface area contributed by atoms with Crippen molar-refractivity contribution in [3.8, 4) is 11.3 Å². The van der Waals surface area contributed by atoms with E-state index in [0.717, 1.165) is 31.8 Å². The lowest BCUT2D eigenvalue weighted by molar-refractivity contribution is 0.0697. The topological polar surface area (TPSA) is 82.4 Å². The van der Waals surface area contributed by atoms with Crippen LogP contribution in [0.3, 0.4) is 0 Å². The molecule has 0 radical (unpaired) electrons. The molecular weight excluding hydrogens is 318 g/mol. The maximum Gasteiger partial charge on any atom is 0.336 e. The van der Waals surface area contributed by atoms with E-state index in [2.05, 4.69) is 15.1 Å². The number of rotatable bonds is 5.